The summed E-state index contributed by atoms with van der Waals surface area (Å²) in [4.78, 5) is 28.4. The van der Waals surface area contributed by atoms with Crippen molar-refractivity contribution in [3.05, 3.63) is 103 Å². The highest BCUT2D eigenvalue weighted by atomic mass is 19.1. The van der Waals surface area contributed by atoms with Gasteiger partial charge in [0.05, 0.1) is 24.6 Å². The van der Waals surface area contributed by atoms with E-state index in [1.165, 1.54) is 46.4 Å². The first-order chi connectivity index (χ1) is 17.1. The molecule has 0 saturated carbocycles. The Bertz CT molecular complexity index is 1430. The molecule has 0 saturated heterocycles. The summed E-state index contributed by atoms with van der Waals surface area (Å²) in [5.41, 5.74) is 1.61. The summed E-state index contributed by atoms with van der Waals surface area (Å²) in [7, 11) is 0. The first kappa shape index (κ1) is 22.1. The molecule has 0 spiro atoms. The van der Waals surface area contributed by atoms with Gasteiger partial charge in [-0.05, 0) is 60.7 Å². The maximum atomic E-state index is 13.7. The summed E-state index contributed by atoms with van der Waals surface area (Å²) in [5, 5.41) is 11.0. The molecule has 10 heteroatoms. The highest BCUT2D eigenvalue weighted by Crippen LogP contribution is 2.29. The average Bonchev–Trinajstić information content (AvgIpc) is 3.65. The molecule has 1 N–H and O–H groups in total. The highest BCUT2D eigenvalue weighted by molar-refractivity contribution is 6.01. The van der Waals surface area contributed by atoms with Crippen molar-refractivity contribution in [2.24, 2.45) is 0 Å². The lowest BCUT2D eigenvalue weighted by molar-refractivity contribution is -0.127. The number of nitrogens with zero attached hydrogens (tertiary/aromatic N) is 4. The normalized spacial score (nSPS) is 11.9. The molecule has 0 fully saturated rings. The first-order valence-electron chi connectivity index (χ1n) is 10.8. The third kappa shape index (κ3) is 4.67. The SMILES string of the molecule is O=C(NCc1ccco1)C(c1ccco1)N(C(=O)Cn1nnc2ccccc21)c1ccc(F)cc1. The minimum atomic E-state index is -1.17. The molecular formula is C25H20FN5O4. The lowest BCUT2D eigenvalue weighted by atomic mass is 10.1. The number of aromatic nitrogens is 3. The lowest BCUT2D eigenvalue weighted by Gasteiger charge is -2.30. The maximum absolute atomic E-state index is 13.7. The van der Waals surface area contributed by atoms with Gasteiger partial charge < -0.3 is 14.2 Å². The van der Waals surface area contributed by atoms with Gasteiger partial charge in [0.15, 0.2) is 6.04 Å². The molecule has 176 valence electrons. The number of fused-ring (bicyclic) bond motifs is 1. The van der Waals surface area contributed by atoms with E-state index < -0.39 is 23.7 Å². The van der Waals surface area contributed by atoms with E-state index in [1.54, 1.807) is 36.4 Å². The van der Waals surface area contributed by atoms with Crippen molar-refractivity contribution in [2.45, 2.75) is 19.1 Å². The lowest BCUT2D eigenvalue weighted by Crippen LogP contribution is -2.45. The Kier molecular flexibility index (Phi) is 6.08. The second kappa shape index (κ2) is 9.64. The summed E-state index contributed by atoms with van der Waals surface area (Å²) < 4.78 is 26.0. The van der Waals surface area contributed by atoms with Crippen LogP contribution in [0.4, 0.5) is 10.1 Å². The maximum Gasteiger partial charge on any atom is 0.251 e. The molecule has 1 unspecified atom stereocenters. The van der Waals surface area contributed by atoms with Crippen molar-refractivity contribution in [2.75, 3.05) is 4.90 Å². The highest BCUT2D eigenvalue weighted by Gasteiger charge is 2.35. The molecule has 35 heavy (non-hydrogen) atoms. The van der Waals surface area contributed by atoms with Gasteiger partial charge in [0.25, 0.3) is 5.91 Å². The number of furan rings is 2. The fraction of sp³-hybridized carbons (Fsp3) is 0.120. The topological polar surface area (TPSA) is 106 Å². The number of carbonyl (C=O) groups excluding carboxylic acids is 2. The van der Waals surface area contributed by atoms with E-state index in [0.29, 0.717) is 22.5 Å². The molecule has 0 bridgehead atoms. The smallest absolute Gasteiger partial charge is 0.251 e. The summed E-state index contributed by atoms with van der Waals surface area (Å²) in [6.45, 7) is -0.0945. The van der Waals surface area contributed by atoms with Crippen LogP contribution in [0.5, 0.6) is 0 Å². The number of benzene rings is 2. The number of halogens is 1. The minimum Gasteiger partial charge on any atom is -0.467 e. The number of rotatable bonds is 8. The van der Waals surface area contributed by atoms with Crippen molar-refractivity contribution in [1.82, 2.24) is 20.3 Å². The number of carbonyl (C=O) groups is 2. The number of hydrogen-bond donors (Lipinski definition) is 1. The van der Waals surface area contributed by atoms with Gasteiger partial charge in [-0.25, -0.2) is 9.07 Å². The van der Waals surface area contributed by atoms with Crippen molar-refractivity contribution >= 4 is 28.5 Å². The van der Waals surface area contributed by atoms with Crippen molar-refractivity contribution in [1.29, 1.82) is 0 Å². The Morgan fingerprint density at radius 1 is 0.971 bits per heavy atom. The van der Waals surface area contributed by atoms with Crippen molar-refractivity contribution in [3.8, 4) is 0 Å². The van der Waals surface area contributed by atoms with Gasteiger partial charge in [-0.2, -0.15) is 0 Å². The molecule has 0 aliphatic rings. The van der Waals surface area contributed by atoms with Crippen LogP contribution in [0.25, 0.3) is 11.0 Å². The summed E-state index contributed by atoms with van der Waals surface area (Å²) in [5.74, 6) is -0.659. The van der Waals surface area contributed by atoms with E-state index in [-0.39, 0.29) is 18.8 Å². The van der Waals surface area contributed by atoms with Crippen LogP contribution in [-0.4, -0.2) is 26.8 Å². The third-order valence-electron chi connectivity index (χ3n) is 5.41. The van der Waals surface area contributed by atoms with Gasteiger partial charge in [-0.3, -0.25) is 14.5 Å². The van der Waals surface area contributed by atoms with Gasteiger partial charge in [0.2, 0.25) is 5.91 Å². The van der Waals surface area contributed by atoms with Gasteiger partial charge in [-0.15, -0.1) is 5.10 Å². The molecule has 5 aromatic rings. The fourth-order valence-corrected chi connectivity index (χ4v) is 3.78. The predicted molar refractivity (Wildman–Crippen MR) is 123 cm³/mol. The summed E-state index contributed by atoms with van der Waals surface area (Å²) in [6, 6.07) is 18.0. The standard InChI is InChI=1S/C25H20FN5O4/c26-17-9-11-18(12-10-17)31(23(32)16-30-21-7-2-1-6-20(21)28-29-30)24(22-8-4-14-35-22)25(33)27-15-19-5-3-13-34-19/h1-14,24H,15-16H2,(H,27,33). The summed E-state index contributed by atoms with van der Waals surface area (Å²) in [6.07, 6.45) is 2.92. The zero-order valence-corrected chi connectivity index (χ0v) is 18.4. The van der Waals surface area contributed by atoms with Crippen LogP contribution in [-0.2, 0) is 22.7 Å². The number of amides is 2. The quantitative estimate of drug-likeness (QED) is 0.367. The second-order valence-electron chi connectivity index (χ2n) is 7.69. The van der Waals surface area contributed by atoms with Crippen LogP contribution in [0, 0.1) is 5.82 Å². The fourth-order valence-electron chi connectivity index (χ4n) is 3.78. The Morgan fingerprint density at radius 2 is 1.74 bits per heavy atom. The largest absolute Gasteiger partial charge is 0.467 e. The predicted octanol–water partition coefficient (Wildman–Crippen LogP) is 3.85. The Balaban J connectivity index is 1.51. The number of para-hydroxylation sites is 1. The molecule has 3 aromatic heterocycles. The molecule has 1 atom stereocenters. The van der Waals surface area contributed by atoms with Crippen molar-refractivity contribution < 1.29 is 22.8 Å². The summed E-state index contributed by atoms with van der Waals surface area (Å²) >= 11 is 0. The molecule has 9 nitrogen and oxygen atoms in total. The number of hydrogen-bond acceptors (Lipinski definition) is 6. The molecular weight excluding hydrogens is 453 g/mol. The van der Waals surface area contributed by atoms with Gasteiger partial charge in [-0.1, -0.05) is 17.3 Å². The average molecular weight is 473 g/mol. The molecule has 0 aliphatic carbocycles. The van der Waals surface area contributed by atoms with Crippen LogP contribution in [0.3, 0.4) is 0 Å². The van der Waals surface area contributed by atoms with Crippen LogP contribution in [0.1, 0.15) is 17.6 Å². The Hall–Kier alpha value is -4.73. The van der Waals surface area contributed by atoms with Crippen molar-refractivity contribution in [3.63, 3.8) is 0 Å². The molecule has 3 heterocycles. The van der Waals surface area contributed by atoms with Crippen LogP contribution in [0.15, 0.2) is 94.2 Å². The molecule has 5 rings (SSSR count). The van der Waals surface area contributed by atoms with Gasteiger partial charge in [0.1, 0.15) is 29.4 Å². The van der Waals surface area contributed by atoms with E-state index in [1.807, 2.05) is 12.1 Å². The monoisotopic (exact) mass is 473 g/mol. The first-order valence-corrected chi connectivity index (χ1v) is 10.8. The number of anilines is 1. The van der Waals surface area contributed by atoms with Gasteiger partial charge >= 0.3 is 0 Å². The van der Waals surface area contributed by atoms with E-state index in [0.717, 1.165) is 0 Å². The van der Waals surface area contributed by atoms with E-state index in [4.69, 9.17) is 8.83 Å². The minimum absolute atomic E-state index is 0.113. The Morgan fingerprint density at radius 3 is 2.49 bits per heavy atom. The van der Waals surface area contributed by atoms with Crippen LogP contribution in [0.2, 0.25) is 0 Å². The molecule has 2 amide bonds. The zero-order valence-electron chi connectivity index (χ0n) is 18.4. The molecule has 0 radical (unpaired) electrons. The second-order valence-corrected chi connectivity index (χ2v) is 7.69. The molecule has 2 aromatic carbocycles. The third-order valence-corrected chi connectivity index (χ3v) is 5.41. The van der Waals surface area contributed by atoms with Gasteiger partial charge in [0, 0.05) is 5.69 Å². The zero-order chi connectivity index (χ0) is 24.2. The Labute approximate surface area is 198 Å². The number of nitrogens with one attached hydrogen (secondary N) is 1. The van der Waals surface area contributed by atoms with Crippen LogP contribution < -0.4 is 10.2 Å². The van der Waals surface area contributed by atoms with Crippen LogP contribution >= 0.6 is 0 Å². The van der Waals surface area contributed by atoms with E-state index in [9.17, 15) is 14.0 Å². The van der Waals surface area contributed by atoms with E-state index in [2.05, 4.69) is 15.6 Å². The molecule has 0 aliphatic heterocycles. The van der Waals surface area contributed by atoms with E-state index >= 15 is 0 Å².